The first-order valence-electron chi connectivity index (χ1n) is 3.70. The summed E-state index contributed by atoms with van der Waals surface area (Å²) in [6, 6.07) is 1.93. The van der Waals surface area contributed by atoms with Crippen LogP contribution in [0.25, 0.3) is 0 Å². The molecule has 0 bridgehead atoms. The van der Waals surface area contributed by atoms with Crippen molar-refractivity contribution in [3.8, 4) is 0 Å². The molecule has 0 atom stereocenters. The zero-order chi connectivity index (χ0) is 8.10. The Kier molecular flexibility index (Phi) is 2.86. The van der Waals surface area contributed by atoms with Crippen molar-refractivity contribution in [3.63, 3.8) is 0 Å². The highest BCUT2D eigenvalue weighted by Gasteiger charge is 1.93. The summed E-state index contributed by atoms with van der Waals surface area (Å²) in [5.74, 6) is 0. The number of allylic oxidation sites excluding steroid dienone is 1. The van der Waals surface area contributed by atoms with E-state index >= 15 is 0 Å². The fourth-order valence-corrected chi connectivity index (χ4v) is 0.861. The van der Waals surface area contributed by atoms with Crippen molar-refractivity contribution in [1.29, 1.82) is 0 Å². The fourth-order valence-electron chi connectivity index (χ4n) is 0.861. The molecule has 0 aliphatic carbocycles. The summed E-state index contributed by atoms with van der Waals surface area (Å²) >= 11 is 0. The van der Waals surface area contributed by atoms with E-state index in [1.54, 1.807) is 0 Å². The summed E-state index contributed by atoms with van der Waals surface area (Å²) in [6.07, 6.45) is 4.77. The van der Waals surface area contributed by atoms with Crippen molar-refractivity contribution in [2.24, 2.45) is 5.73 Å². The number of hydrogen-bond acceptors (Lipinski definition) is 2. The first kappa shape index (κ1) is 8.01. The number of aromatic nitrogens is 2. The van der Waals surface area contributed by atoms with Crippen LogP contribution in [0.3, 0.4) is 0 Å². The second-order valence-corrected chi connectivity index (χ2v) is 2.35. The molecule has 0 aliphatic rings. The van der Waals surface area contributed by atoms with Crippen LogP contribution in [0.2, 0.25) is 0 Å². The molecular formula is C8H13N3. The lowest BCUT2D eigenvalue weighted by molar-refractivity contribution is 0.614. The third-order valence-corrected chi connectivity index (χ3v) is 1.47. The van der Waals surface area contributed by atoms with Gasteiger partial charge in [0, 0.05) is 19.3 Å². The van der Waals surface area contributed by atoms with E-state index in [2.05, 4.69) is 11.7 Å². The average Bonchev–Trinajstić information content (AvgIpc) is 2.48. The fraction of sp³-hybridized carbons (Fsp3) is 0.375. The monoisotopic (exact) mass is 151 g/mol. The number of rotatable bonds is 4. The highest BCUT2D eigenvalue weighted by atomic mass is 15.3. The minimum Gasteiger partial charge on any atom is -0.325 e. The van der Waals surface area contributed by atoms with Crippen molar-refractivity contribution in [1.82, 2.24) is 9.78 Å². The van der Waals surface area contributed by atoms with Gasteiger partial charge in [-0.05, 0) is 12.5 Å². The standard InChI is InChI=1S/C8H13N3/c1-2-3-5-11-6-4-8(7-9)10-11/h2,4,6H,1,3,5,7,9H2. The topological polar surface area (TPSA) is 43.8 Å². The SMILES string of the molecule is C=CCCn1ccc(CN)n1. The molecule has 1 aromatic heterocycles. The van der Waals surface area contributed by atoms with Crippen LogP contribution in [0, 0.1) is 0 Å². The molecule has 0 amide bonds. The van der Waals surface area contributed by atoms with E-state index < -0.39 is 0 Å². The molecule has 3 nitrogen and oxygen atoms in total. The van der Waals surface area contributed by atoms with Gasteiger partial charge in [0.05, 0.1) is 5.69 Å². The zero-order valence-electron chi connectivity index (χ0n) is 6.53. The molecule has 11 heavy (non-hydrogen) atoms. The molecule has 0 saturated carbocycles. The normalized spacial score (nSPS) is 9.91. The highest BCUT2D eigenvalue weighted by Crippen LogP contribution is 1.95. The van der Waals surface area contributed by atoms with Crippen molar-refractivity contribution in [3.05, 3.63) is 30.6 Å². The lowest BCUT2D eigenvalue weighted by atomic mass is 10.4. The van der Waals surface area contributed by atoms with Gasteiger partial charge in [0.25, 0.3) is 0 Å². The van der Waals surface area contributed by atoms with Crippen LogP contribution in [0.15, 0.2) is 24.9 Å². The first-order chi connectivity index (χ1) is 5.36. The lowest BCUT2D eigenvalue weighted by Crippen LogP contribution is -2.01. The maximum atomic E-state index is 5.40. The molecule has 2 N–H and O–H groups in total. The third-order valence-electron chi connectivity index (χ3n) is 1.47. The van der Waals surface area contributed by atoms with E-state index in [0.29, 0.717) is 6.54 Å². The minimum absolute atomic E-state index is 0.515. The van der Waals surface area contributed by atoms with E-state index in [1.807, 2.05) is 23.0 Å². The predicted molar refractivity (Wildman–Crippen MR) is 44.9 cm³/mol. The number of nitrogens with zero attached hydrogens (tertiary/aromatic N) is 2. The Morgan fingerprint density at radius 2 is 2.55 bits per heavy atom. The molecule has 0 spiro atoms. The van der Waals surface area contributed by atoms with Gasteiger partial charge < -0.3 is 5.73 Å². The van der Waals surface area contributed by atoms with Gasteiger partial charge in [-0.25, -0.2) is 0 Å². The van der Waals surface area contributed by atoms with Crippen LogP contribution >= 0.6 is 0 Å². The van der Waals surface area contributed by atoms with E-state index in [-0.39, 0.29) is 0 Å². The molecule has 0 unspecified atom stereocenters. The molecule has 0 aromatic carbocycles. The van der Waals surface area contributed by atoms with Gasteiger partial charge >= 0.3 is 0 Å². The molecule has 0 radical (unpaired) electrons. The Morgan fingerprint density at radius 1 is 1.73 bits per heavy atom. The number of aryl methyl sites for hydroxylation is 1. The van der Waals surface area contributed by atoms with Gasteiger partial charge in [0.15, 0.2) is 0 Å². The van der Waals surface area contributed by atoms with Crippen LogP contribution in [-0.2, 0) is 13.1 Å². The summed E-state index contributed by atoms with van der Waals surface area (Å²) in [6.45, 7) is 5.04. The van der Waals surface area contributed by atoms with E-state index in [1.165, 1.54) is 0 Å². The van der Waals surface area contributed by atoms with E-state index in [4.69, 9.17) is 5.73 Å². The van der Waals surface area contributed by atoms with Crippen molar-refractivity contribution in [2.75, 3.05) is 0 Å². The zero-order valence-corrected chi connectivity index (χ0v) is 6.53. The molecule has 1 aromatic rings. The Bertz CT molecular complexity index is 227. The van der Waals surface area contributed by atoms with Gasteiger partial charge in [-0.3, -0.25) is 4.68 Å². The molecule has 3 heteroatoms. The van der Waals surface area contributed by atoms with Crippen molar-refractivity contribution < 1.29 is 0 Å². The summed E-state index contributed by atoms with van der Waals surface area (Å²) in [4.78, 5) is 0. The average molecular weight is 151 g/mol. The maximum absolute atomic E-state index is 5.40. The molecule has 0 fully saturated rings. The molecular weight excluding hydrogens is 138 g/mol. The van der Waals surface area contributed by atoms with Gasteiger partial charge in [-0.15, -0.1) is 6.58 Å². The second kappa shape index (κ2) is 3.93. The van der Waals surface area contributed by atoms with Gasteiger partial charge in [-0.1, -0.05) is 6.08 Å². The van der Waals surface area contributed by atoms with E-state index in [9.17, 15) is 0 Å². The molecule has 60 valence electrons. The summed E-state index contributed by atoms with van der Waals surface area (Å²) in [7, 11) is 0. The smallest absolute Gasteiger partial charge is 0.0760 e. The Hall–Kier alpha value is -1.09. The van der Waals surface area contributed by atoms with Crippen LogP contribution in [0.1, 0.15) is 12.1 Å². The Morgan fingerprint density at radius 3 is 3.09 bits per heavy atom. The van der Waals surface area contributed by atoms with E-state index in [0.717, 1.165) is 18.7 Å². The number of nitrogens with two attached hydrogens (primary N) is 1. The predicted octanol–water partition coefficient (Wildman–Crippen LogP) is 0.918. The lowest BCUT2D eigenvalue weighted by Gasteiger charge is -1.95. The maximum Gasteiger partial charge on any atom is 0.0760 e. The molecule has 0 saturated heterocycles. The summed E-state index contributed by atoms with van der Waals surface area (Å²) < 4.78 is 1.88. The van der Waals surface area contributed by atoms with Crippen LogP contribution in [-0.4, -0.2) is 9.78 Å². The van der Waals surface area contributed by atoms with Crippen LogP contribution < -0.4 is 5.73 Å². The quantitative estimate of drug-likeness (QED) is 0.650. The van der Waals surface area contributed by atoms with Crippen LogP contribution in [0.4, 0.5) is 0 Å². The number of hydrogen-bond donors (Lipinski definition) is 1. The molecule has 1 rings (SSSR count). The summed E-state index contributed by atoms with van der Waals surface area (Å²) in [5.41, 5.74) is 6.33. The Labute approximate surface area is 66.5 Å². The first-order valence-corrected chi connectivity index (χ1v) is 3.70. The molecule has 0 aliphatic heterocycles. The molecule has 1 heterocycles. The van der Waals surface area contributed by atoms with Crippen LogP contribution in [0.5, 0.6) is 0 Å². The van der Waals surface area contributed by atoms with Gasteiger partial charge in [0.1, 0.15) is 0 Å². The van der Waals surface area contributed by atoms with Gasteiger partial charge in [0.2, 0.25) is 0 Å². The summed E-state index contributed by atoms with van der Waals surface area (Å²) in [5, 5.41) is 4.21. The van der Waals surface area contributed by atoms with Crippen molar-refractivity contribution in [2.45, 2.75) is 19.5 Å². The minimum atomic E-state index is 0.515. The second-order valence-electron chi connectivity index (χ2n) is 2.35. The third kappa shape index (κ3) is 2.20. The largest absolute Gasteiger partial charge is 0.325 e. The van der Waals surface area contributed by atoms with Crippen molar-refractivity contribution >= 4 is 0 Å². The van der Waals surface area contributed by atoms with Gasteiger partial charge in [-0.2, -0.15) is 5.10 Å². The Balaban J connectivity index is 2.50. The highest BCUT2D eigenvalue weighted by molar-refractivity contribution is 4.97.